The first kappa shape index (κ1) is 23.1. The lowest BCUT2D eigenvalue weighted by molar-refractivity contribution is -0.146. The van der Waals surface area contributed by atoms with Crippen LogP contribution in [0.5, 0.6) is 0 Å². The minimum absolute atomic E-state index is 0. The van der Waals surface area contributed by atoms with Crippen molar-refractivity contribution in [1.82, 2.24) is 9.62 Å². The number of amides is 1. The normalized spacial score (nSPS) is 27.2. The standard InChI is InChI=1S/C16H29N3O5S.ClH/c1-24-16(21)13-6-2-3-7-14(13)25(22,23)19-10-4-5-12(11-19)15(20)18-9-8-17;/h12-14H,2-11,17H2,1H3,(H,18,20);1H. The highest BCUT2D eigenvalue weighted by atomic mass is 35.5. The van der Waals surface area contributed by atoms with E-state index in [1.807, 2.05) is 0 Å². The minimum Gasteiger partial charge on any atom is -0.469 e. The number of carbonyl (C=O) groups is 2. The molecule has 26 heavy (non-hydrogen) atoms. The second-order valence-electron chi connectivity index (χ2n) is 6.77. The van der Waals surface area contributed by atoms with Gasteiger partial charge in [0.1, 0.15) is 0 Å². The van der Waals surface area contributed by atoms with Crippen molar-refractivity contribution in [1.29, 1.82) is 0 Å². The van der Waals surface area contributed by atoms with Crippen molar-refractivity contribution in [2.24, 2.45) is 17.6 Å². The number of nitrogens with two attached hydrogens (primary N) is 1. The van der Waals surface area contributed by atoms with Crippen molar-refractivity contribution >= 4 is 34.3 Å². The Morgan fingerprint density at radius 2 is 1.88 bits per heavy atom. The molecule has 1 saturated heterocycles. The minimum atomic E-state index is -3.65. The summed E-state index contributed by atoms with van der Waals surface area (Å²) in [4.78, 5) is 24.2. The van der Waals surface area contributed by atoms with E-state index >= 15 is 0 Å². The number of piperidine rings is 1. The van der Waals surface area contributed by atoms with Crippen LogP contribution in [0.15, 0.2) is 0 Å². The van der Waals surface area contributed by atoms with Gasteiger partial charge in [-0.2, -0.15) is 0 Å². The molecule has 0 aromatic heterocycles. The monoisotopic (exact) mass is 411 g/mol. The Morgan fingerprint density at radius 1 is 1.19 bits per heavy atom. The van der Waals surface area contributed by atoms with Gasteiger partial charge in [-0.1, -0.05) is 12.8 Å². The van der Waals surface area contributed by atoms with Crippen molar-refractivity contribution in [3.8, 4) is 0 Å². The summed E-state index contributed by atoms with van der Waals surface area (Å²) in [5.41, 5.74) is 5.39. The number of halogens is 1. The van der Waals surface area contributed by atoms with Gasteiger partial charge in [0.05, 0.1) is 24.2 Å². The summed E-state index contributed by atoms with van der Waals surface area (Å²) in [5, 5.41) is 1.98. The van der Waals surface area contributed by atoms with Gasteiger partial charge in [0.2, 0.25) is 15.9 Å². The molecule has 1 amide bonds. The fraction of sp³-hybridized carbons (Fsp3) is 0.875. The number of hydrogen-bond donors (Lipinski definition) is 2. The average Bonchev–Trinajstić information content (AvgIpc) is 2.65. The molecule has 0 bridgehead atoms. The fourth-order valence-electron chi connectivity index (χ4n) is 3.79. The van der Waals surface area contributed by atoms with Crippen molar-refractivity contribution in [3.63, 3.8) is 0 Å². The third-order valence-electron chi connectivity index (χ3n) is 5.15. The van der Waals surface area contributed by atoms with E-state index in [0.29, 0.717) is 45.3 Å². The van der Waals surface area contributed by atoms with Crippen molar-refractivity contribution in [3.05, 3.63) is 0 Å². The van der Waals surface area contributed by atoms with Gasteiger partial charge in [0.25, 0.3) is 0 Å². The molecule has 2 aliphatic rings. The maximum absolute atomic E-state index is 13.1. The molecule has 2 rings (SSSR count). The van der Waals surface area contributed by atoms with Gasteiger partial charge in [-0.3, -0.25) is 9.59 Å². The Bertz CT molecular complexity index is 586. The maximum atomic E-state index is 13.1. The SMILES string of the molecule is COC(=O)C1CCCCC1S(=O)(=O)N1CCCC(C(=O)NCCN)C1.Cl. The second kappa shape index (κ2) is 10.4. The van der Waals surface area contributed by atoms with Crippen molar-refractivity contribution in [2.75, 3.05) is 33.3 Å². The topological polar surface area (TPSA) is 119 Å². The number of rotatable bonds is 6. The number of nitrogens with zero attached hydrogens (tertiary/aromatic N) is 1. The van der Waals surface area contributed by atoms with Crippen molar-refractivity contribution in [2.45, 2.75) is 43.8 Å². The Morgan fingerprint density at radius 3 is 2.54 bits per heavy atom. The smallest absolute Gasteiger partial charge is 0.310 e. The summed E-state index contributed by atoms with van der Waals surface area (Å²) in [6.07, 6.45) is 3.90. The molecule has 152 valence electrons. The lowest BCUT2D eigenvalue weighted by Gasteiger charge is -2.37. The molecule has 10 heteroatoms. The third-order valence-corrected chi connectivity index (χ3v) is 7.53. The van der Waals surface area contributed by atoms with E-state index in [-0.39, 0.29) is 30.8 Å². The Hall–Kier alpha value is -0.900. The van der Waals surface area contributed by atoms with Gasteiger partial charge < -0.3 is 15.8 Å². The van der Waals surface area contributed by atoms with Crippen LogP contribution in [0.1, 0.15) is 38.5 Å². The van der Waals surface area contributed by atoms with Crippen LogP contribution < -0.4 is 11.1 Å². The number of ether oxygens (including phenoxy) is 1. The summed E-state index contributed by atoms with van der Waals surface area (Å²) < 4.78 is 32.4. The predicted octanol–water partition coefficient (Wildman–Crippen LogP) is 0.257. The zero-order valence-electron chi connectivity index (χ0n) is 15.2. The molecule has 0 radical (unpaired) electrons. The Balaban J connectivity index is 0.00000338. The van der Waals surface area contributed by atoms with E-state index < -0.39 is 27.2 Å². The molecule has 1 aliphatic heterocycles. The highest BCUT2D eigenvalue weighted by Crippen LogP contribution is 2.34. The van der Waals surface area contributed by atoms with Crippen molar-refractivity contribution < 1.29 is 22.7 Å². The summed E-state index contributed by atoms with van der Waals surface area (Å²) in [6, 6.07) is 0. The molecule has 2 fully saturated rings. The third kappa shape index (κ3) is 5.31. The van der Waals surface area contributed by atoms with Crippen LogP contribution in [-0.4, -0.2) is 63.1 Å². The van der Waals surface area contributed by atoms with Crippen LogP contribution in [0.2, 0.25) is 0 Å². The quantitative estimate of drug-likeness (QED) is 0.605. The second-order valence-corrected chi connectivity index (χ2v) is 8.93. The molecule has 3 N–H and O–H groups in total. The maximum Gasteiger partial charge on any atom is 0.310 e. The highest BCUT2D eigenvalue weighted by Gasteiger charge is 2.44. The molecule has 0 aromatic carbocycles. The Labute approximate surface area is 161 Å². The summed E-state index contributed by atoms with van der Waals surface area (Å²) in [7, 11) is -2.36. The molecule has 3 unspecified atom stereocenters. The zero-order valence-corrected chi connectivity index (χ0v) is 16.8. The van der Waals surface area contributed by atoms with E-state index in [1.165, 1.54) is 11.4 Å². The number of methoxy groups -OCH3 is 1. The van der Waals surface area contributed by atoms with Gasteiger partial charge in [0.15, 0.2) is 0 Å². The van der Waals surface area contributed by atoms with Crippen LogP contribution in [0.25, 0.3) is 0 Å². The number of hydrogen-bond acceptors (Lipinski definition) is 6. The number of esters is 1. The Kier molecular flexibility index (Phi) is 9.29. The van der Waals surface area contributed by atoms with E-state index in [1.54, 1.807) is 0 Å². The number of nitrogens with one attached hydrogen (secondary N) is 1. The molecular formula is C16H30ClN3O5S. The summed E-state index contributed by atoms with van der Waals surface area (Å²) >= 11 is 0. The van der Waals surface area contributed by atoms with E-state index in [9.17, 15) is 18.0 Å². The largest absolute Gasteiger partial charge is 0.469 e. The van der Waals surface area contributed by atoms with Gasteiger partial charge in [0, 0.05) is 26.2 Å². The first-order valence-corrected chi connectivity index (χ1v) is 10.5. The molecule has 0 aromatic rings. The fourth-order valence-corrected chi connectivity index (χ4v) is 6.07. The lowest BCUT2D eigenvalue weighted by Crippen LogP contribution is -2.51. The molecule has 8 nitrogen and oxygen atoms in total. The number of carbonyl (C=O) groups excluding carboxylic acids is 2. The molecule has 1 aliphatic carbocycles. The van der Waals surface area contributed by atoms with E-state index in [0.717, 1.165) is 12.8 Å². The number of sulfonamides is 1. The van der Waals surface area contributed by atoms with E-state index in [4.69, 9.17) is 10.5 Å². The highest BCUT2D eigenvalue weighted by molar-refractivity contribution is 7.89. The van der Waals surface area contributed by atoms with Gasteiger partial charge in [-0.25, -0.2) is 12.7 Å². The predicted molar refractivity (Wildman–Crippen MR) is 100 cm³/mol. The zero-order chi connectivity index (χ0) is 18.4. The van der Waals surface area contributed by atoms with Crippen LogP contribution in [0.3, 0.4) is 0 Å². The lowest BCUT2D eigenvalue weighted by atomic mass is 9.89. The van der Waals surface area contributed by atoms with Crippen LogP contribution in [-0.2, 0) is 24.3 Å². The molecule has 1 heterocycles. The summed E-state index contributed by atoms with van der Waals surface area (Å²) in [6.45, 7) is 1.30. The van der Waals surface area contributed by atoms with Gasteiger partial charge >= 0.3 is 5.97 Å². The molecule has 1 saturated carbocycles. The van der Waals surface area contributed by atoms with Crippen LogP contribution in [0, 0.1) is 11.8 Å². The first-order valence-electron chi connectivity index (χ1n) is 8.96. The first-order chi connectivity index (χ1) is 11.9. The summed E-state index contributed by atoms with van der Waals surface area (Å²) in [5.74, 6) is -1.59. The molecule has 0 spiro atoms. The molecular weight excluding hydrogens is 382 g/mol. The van der Waals surface area contributed by atoms with Gasteiger partial charge in [-0.05, 0) is 25.7 Å². The van der Waals surface area contributed by atoms with Crippen LogP contribution in [0.4, 0.5) is 0 Å². The average molecular weight is 412 g/mol. The van der Waals surface area contributed by atoms with Gasteiger partial charge in [-0.15, -0.1) is 12.4 Å². The van der Waals surface area contributed by atoms with E-state index in [2.05, 4.69) is 5.32 Å². The van der Waals surface area contributed by atoms with Crippen LogP contribution >= 0.6 is 12.4 Å². The molecule has 3 atom stereocenters.